The number of rotatable bonds is 2. The van der Waals surface area contributed by atoms with Gasteiger partial charge in [0, 0.05) is 49.9 Å². The molecule has 0 atom stereocenters. The molecule has 5 heteroatoms. The molecule has 218 valence electrons. The largest absolute Gasteiger partial charge is 0.309 e. The van der Waals surface area contributed by atoms with E-state index in [1.54, 1.807) is 0 Å². The zero-order valence-corrected chi connectivity index (χ0v) is 25.2. The second-order valence-corrected chi connectivity index (χ2v) is 12.3. The molecule has 0 amide bonds. The monoisotopic (exact) mass is 599 g/mol. The van der Waals surface area contributed by atoms with Crippen molar-refractivity contribution in [2.75, 3.05) is 0 Å². The first-order valence-corrected chi connectivity index (χ1v) is 15.9. The molecule has 0 spiro atoms. The molecular weight excluding hydrogens is 574 g/mol. The average molecular weight is 600 g/mol. The first kappa shape index (κ1) is 24.8. The van der Waals surface area contributed by atoms with Crippen LogP contribution in [0.25, 0.3) is 93.5 Å². The molecule has 0 N–H and O–H groups in total. The van der Waals surface area contributed by atoms with Crippen molar-refractivity contribution in [3.05, 3.63) is 152 Å². The summed E-state index contributed by atoms with van der Waals surface area (Å²) in [4.78, 5) is 10.1. The van der Waals surface area contributed by atoms with Gasteiger partial charge >= 0.3 is 0 Å². The number of fused-ring (bicyclic) bond motifs is 14. The minimum atomic E-state index is 0.916. The Balaban J connectivity index is 1.38. The predicted molar refractivity (Wildman–Crippen MR) is 194 cm³/mol. The summed E-state index contributed by atoms with van der Waals surface area (Å²) in [6.07, 6.45) is 1.87. The zero-order chi connectivity index (χ0) is 30.6. The molecule has 5 aromatic heterocycles. The topological polar surface area (TPSA) is 40.0 Å². The van der Waals surface area contributed by atoms with Gasteiger partial charge in [0.25, 0.3) is 0 Å². The van der Waals surface area contributed by atoms with Gasteiger partial charge in [0.15, 0.2) is 0 Å². The van der Waals surface area contributed by atoms with E-state index in [0.717, 1.165) is 55.4 Å². The number of hydrogen-bond acceptors (Lipinski definition) is 2. The maximum absolute atomic E-state index is 5.19. The Bertz CT molecular complexity index is 3060. The molecule has 0 bridgehead atoms. The van der Waals surface area contributed by atoms with Crippen LogP contribution in [-0.4, -0.2) is 23.5 Å². The normalized spacial score (nSPS) is 12.3. The van der Waals surface area contributed by atoms with Gasteiger partial charge in [-0.1, -0.05) is 66.7 Å². The Morgan fingerprint density at radius 3 is 1.66 bits per heavy atom. The van der Waals surface area contributed by atoms with Crippen molar-refractivity contribution >= 4 is 82.1 Å². The zero-order valence-electron chi connectivity index (χ0n) is 25.2. The second kappa shape index (κ2) is 9.05. The van der Waals surface area contributed by atoms with Crippen LogP contribution in [0.3, 0.4) is 0 Å². The fraction of sp³-hybridized carbons (Fsp3) is 0. The Morgan fingerprint density at radius 1 is 0.362 bits per heavy atom. The molecule has 0 radical (unpaired) electrons. The summed E-state index contributed by atoms with van der Waals surface area (Å²) in [5.74, 6) is 0. The SMILES string of the molecule is c1ccc(-n2c3ccccc3c3cc4c(cc32)c2cc3c(cc2n4-c2ccccc2)c2cccnc2n2c4ccccc4nc32)cc1. The second-order valence-electron chi connectivity index (χ2n) is 12.3. The first-order valence-electron chi connectivity index (χ1n) is 15.9. The van der Waals surface area contributed by atoms with E-state index in [1.807, 2.05) is 12.3 Å². The summed E-state index contributed by atoms with van der Waals surface area (Å²) in [6, 6.07) is 52.2. The van der Waals surface area contributed by atoms with Crippen molar-refractivity contribution in [1.82, 2.24) is 23.5 Å². The Morgan fingerprint density at radius 2 is 0.915 bits per heavy atom. The summed E-state index contributed by atoms with van der Waals surface area (Å²) in [6.45, 7) is 0. The molecule has 47 heavy (non-hydrogen) atoms. The molecule has 0 aliphatic rings. The molecule has 11 aromatic rings. The lowest BCUT2D eigenvalue weighted by Gasteiger charge is -2.11. The van der Waals surface area contributed by atoms with Gasteiger partial charge in [-0.2, -0.15) is 0 Å². The summed E-state index contributed by atoms with van der Waals surface area (Å²) in [5, 5.41) is 8.25. The summed E-state index contributed by atoms with van der Waals surface area (Å²) in [7, 11) is 0. The van der Waals surface area contributed by atoms with Crippen molar-refractivity contribution in [3.8, 4) is 11.4 Å². The Hall–Kier alpha value is -6.46. The summed E-state index contributed by atoms with van der Waals surface area (Å²) < 4.78 is 7.04. The standard InChI is InChI=1S/C42H25N5/c1-3-12-26(13-4-1)45-36-19-9-7-16-28(36)32-24-40-33(25-39(32)45)31-22-34-30(23-38(31)46(40)27-14-5-2-6-15-27)29-17-11-21-43-41(29)47-37-20-10-8-18-35(37)44-42(34)47/h1-25H. The average Bonchev–Trinajstić information content (AvgIpc) is 3.78. The molecule has 0 saturated heterocycles. The van der Waals surface area contributed by atoms with Crippen LogP contribution in [0.5, 0.6) is 0 Å². The molecule has 6 aromatic carbocycles. The Labute approximate surface area is 268 Å². The van der Waals surface area contributed by atoms with Crippen LogP contribution in [0.15, 0.2) is 152 Å². The van der Waals surface area contributed by atoms with Gasteiger partial charge < -0.3 is 9.13 Å². The molecule has 5 nitrogen and oxygen atoms in total. The lowest BCUT2D eigenvalue weighted by molar-refractivity contribution is 1.17. The van der Waals surface area contributed by atoms with E-state index < -0.39 is 0 Å². The van der Waals surface area contributed by atoms with Gasteiger partial charge in [-0.05, 0) is 84.2 Å². The van der Waals surface area contributed by atoms with Gasteiger partial charge in [0.05, 0.1) is 33.1 Å². The molecular formula is C42H25N5. The third-order valence-electron chi connectivity index (χ3n) is 9.82. The van der Waals surface area contributed by atoms with Crippen molar-refractivity contribution in [1.29, 1.82) is 0 Å². The molecule has 5 heterocycles. The number of imidazole rings is 1. The molecule has 11 rings (SSSR count). The predicted octanol–water partition coefficient (Wildman–Crippen LogP) is 10.4. The van der Waals surface area contributed by atoms with Crippen LogP contribution in [0.2, 0.25) is 0 Å². The Kier molecular flexibility index (Phi) is 4.78. The third kappa shape index (κ3) is 3.27. The number of para-hydroxylation sites is 5. The van der Waals surface area contributed by atoms with Gasteiger partial charge in [-0.3, -0.25) is 4.40 Å². The van der Waals surface area contributed by atoms with Gasteiger partial charge in [-0.25, -0.2) is 9.97 Å². The van der Waals surface area contributed by atoms with Crippen LogP contribution in [0.1, 0.15) is 0 Å². The van der Waals surface area contributed by atoms with Crippen LogP contribution in [-0.2, 0) is 0 Å². The smallest absolute Gasteiger partial charge is 0.147 e. The van der Waals surface area contributed by atoms with E-state index in [0.29, 0.717) is 0 Å². The molecule has 0 aliphatic carbocycles. The van der Waals surface area contributed by atoms with Crippen molar-refractivity contribution in [3.63, 3.8) is 0 Å². The maximum atomic E-state index is 5.19. The van der Waals surface area contributed by atoms with Crippen LogP contribution >= 0.6 is 0 Å². The minimum Gasteiger partial charge on any atom is -0.309 e. The maximum Gasteiger partial charge on any atom is 0.147 e. The highest BCUT2D eigenvalue weighted by Gasteiger charge is 2.21. The van der Waals surface area contributed by atoms with E-state index >= 15 is 0 Å². The quantitative estimate of drug-likeness (QED) is 0.186. The summed E-state index contributed by atoms with van der Waals surface area (Å²) >= 11 is 0. The minimum absolute atomic E-state index is 0.916. The number of pyridine rings is 2. The van der Waals surface area contributed by atoms with Crippen LogP contribution < -0.4 is 0 Å². The molecule has 0 aliphatic heterocycles. The lowest BCUT2D eigenvalue weighted by Crippen LogP contribution is -1.96. The number of hydrogen-bond donors (Lipinski definition) is 0. The van der Waals surface area contributed by atoms with Crippen LogP contribution in [0, 0.1) is 0 Å². The fourth-order valence-electron chi connectivity index (χ4n) is 7.85. The van der Waals surface area contributed by atoms with Gasteiger partial charge in [-0.15, -0.1) is 0 Å². The van der Waals surface area contributed by atoms with E-state index in [4.69, 9.17) is 9.97 Å². The van der Waals surface area contributed by atoms with Crippen molar-refractivity contribution in [2.24, 2.45) is 0 Å². The molecule has 0 unspecified atom stereocenters. The first-order chi connectivity index (χ1) is 23.3. The van der Waals surface area contributed by atoms with Crippen LogP contribution in [0.4, 0.5) is 0 Å². The highest BCUT2D eigenvalue weighted by Crippen LogP contribution is 2.42. The molecule has 0 saturated carbocycles. The van der Waals surface area contributed by atoms with E-state index in [1.165, 1.54) is 38.1 Å². The van der Waals surface area contributed by atoms with E-state index in [2.05, 4.69) is 153 Å². The van der Waals surface area contributed by atoms with E-state index in [-0.39, 0.29) is 0 Å². The third-order valence-corrected chi connectivity index (χ3v) is 9.82. The van der Waals surface area contributed by atoms with Gasteiger partial charge in [0.1, 0.15) is 11.3 Å². The number of benzene rings is 6. The highest BCUT2D eigenvalue weighted by molar-refractivity contribution is 6.24. The number of nitrogens with zero attached hydrogens (tertiary/aromatic N) is 5. The van der Waals surface area contributed by atoms with E-state index in [9.17, 15) is 0 Å². The lowest BCUT2D eigenvalue weighted by atomic mass is 10.0. The number of aromatic nitrogens is 5. The van der Waals surface area contributed by atoms with Crippen molar-refractivity contribution in [2.45, 2.75) is 0 Å². The van der Waals surface area contributed by atoms with Crippen molar-refractivity contribution < 1.29 is 0 Å². The highest BCUT2D eigenvalue weighted by atomic mass is 15.1. The summed E-state index contributed by atoms with van der Waals surface area (Å²) in [5.41, 5.74) is 10.9. The molecule has 0 fully saturated rings. The fourth-order valence-corrected chi connectivity index (χ4v) is 7.85. The van der Waals surface area contributed by atoms with Gasteiger partial charge in [0.2, 0.25) is 0 Å².